The fourth-order valence-electron chi connectivity index (χ4n) is 2.06. The van der Waals surface area contributed by atoms with Crippen LogP contribution < -0.4 is 0 Å². The number of benzene rings is 1. The fraction of sp³-hybridized carbons (Fsp3) is 0.214. The van der Waals surface area contributed by atoms with Gasteiger partial charge >= 0.3 is 5.97 Å². The lowest BCUT2D eigenvalue weighted by Crippen LogP contribution is -2.32. The van der Waals surface area contributed by atoms with E-state index in [1.807, 2.05) is 0 Å². The first-order valence-corrected chi connectivity index (χ1v) is 7.72. The first-order valence-electron chi connectivity index (χ1n) is 5.83. The van der Waals surface area contributed by atoms with E-state index in [1.54, 1.807) is 30.3 Å². The smallest absolute Gasteiger partial charge is 0.332 e. The first kappa shape index (κ1) is 14.5. The summed E-state index contributed by atoms with van der Waals surface area (Å²) in [6.45, 7) is 0. The molecule has 1 aromatic carbocycles. The van der Waals surface area contributed by atoms with Crippen LogP contribution in [0.3, 0.4) is 0 Å². The summed E-state index contributed by atoms with van der Waals surface area (Å²) >= 11 is 0. The molecule has 0 amide bonds. The summed E-state index contributed by atoms with van der Waals surface area (Å²) in [5.41, 5.74) is 0.375. The van der Waals surface area contributed by atoms with Gasteiger partial charge in [0.15, 0.2) is 9.84 Å². The summed E-state index contributed by atoms with van der Waals surface area (Å²) in [4.78, 5) is 11.3. The SMILES string of the molecule is CS(=O)(=O)C1(F)C=CC(c2ccccc2)C(C(=O)O)=C1. The van der Waals surface area contributed by atoms with E-state index in [1.165, 1.54) is 6.08 Å². The van der Waals surface area contributed by atoms with Crippen molar-refractivity contribution in [3.63, 3.8) is 0 Å². The number of hydrogen-bond donors (Lipinski definition) is 1. The highest BCUT2D eigenvalue weighted by Gasteiger charge is 2.41. The zero-order chi connectivity index (χ0) is 15.0. The predicted molar refractivity (Wildman–Crippen MR) is 72.7 cm³/mol. The van der Waals surface area contributed by atoms with Gasteiger partial charge in [0.1, 0.15) is 0 Å². The number of carboxylic acids is 1. The summed E-state index contributed by atoms with van der Waals surface area (Å²) in [5, 5.41) is 6.43. The molecule has 0 aromatic heterocycles. The van der Waals surface area contributed by atoms with Crippen LogP contribution in [-0.4, -0.2) is 30.8 Å². The Kier molecular flexibility index (Phi) is 3.52. The highest BCUT2D eigenvalue weighted by molar-refractivity contribution is 7.92. The van der Waals surface area contributed by atoms with E-state index in [4.69, 9.17) is 0 Å². The largest absolute Gasteiger partial charge is 0.478 e. The molecule has 0 spiro atoms. The molecule has 0 aliphatic heterocycles. The third kappa shape index (κ3) is 2.51. The van der Waals surface area contributed by atoms with Crippen LogP contribution in [0.4, 0.5) is 4.39 Å². The van der Waals surface area contributed by atoms with E-state index < -0.39 is 26.7 Å². The van der Waals surface area contributed by atoms with Gasteiger partial charge in [-0.1, -0.05) is 36.4 Å². The Bertz CT molecular complexity index is 691. The molecule has 0 radical (unpaired) electrons. The molecular weight excluding hydrogens is 283 g/mol. The maximum Gasteiger partial charge on any atom is 0.332 e. The van der Waals surface area contributed by atoms with Crippen molar-refractivity contribution in [2.75, 3.05) is 6.26 Å². The van der Waals surface area contributed by atoms with Crippen molar-refractivity contribution in [1.29, 1.82) is 0 Å². The van der Waals surface area contributed by atoms with Crippen molar-refractivity contribution in [1.82, 2.24) is 0 Å². The monoisotopic (exact) mass is 296 g/mol. The lowest BCUT2D eigenvalue weighted by Gasteiger charge is -2.25. The molecule has 1 N–H and O–H groups in total. The number of sulfone groups is 1. The summed E-state index contributed by atoms with van der Waals surface area (Å²) < 4.78 is 37.3. The Balaban J connectivity index is 2.53. The third-order valence-corrected chi connectivity index (χ3v) is 4.57. The van der Waals surface area contributed by atoms with Crippen molar-refractivity contribution in [2.24, 2.45) is 0 Å². The van der Waals surface area contributed by atoms with E-state index in [-0.39, 0.29) is 5.57 Å². The van der Waals surface area contributed by atoms with Gasteiger partial charge in [0.25, 0.3) is 0 Å². The molecule has 2 atom stereocenters. The maximum atomic E-state index is 14.4. The fourth-order valence-corrected chi connectivity index (χ4v) is 2.72. The molecule has 1 aliphatic rings. The second-order valence-electron chi connectivity index (χ2n) is 4.62. The second-order valence-corrected chi connectivity index (χ2v) is 6.79. The van der Waals surface area contributed by atoms with Gasteiger partial charge in [0.05, 0.1) is 0 Å². The van der Waals surface area contributed by atoms with Crippen LogP contribution in [0.5, 0.6) is 0 Å². The molecule has 2 rings (SSSR count). The van der Waals surface area contributed by atoms with Crippen LogP contribution in [0.15, 0.2) is 54.1 Å². The summed E-state index contributed by atoms with van der Waals surface area (Å²) in [7, 11) is -4.09. The van der Waals surface area contributed by atoms with Crippen LogP contribution in [0.1, 0.15) is 11.5 Å². The summed E-state index contributed by atoms with van der Waals surface area (Å²) in [6, 6.07) is 8.65. The van der Waals surface area contributed by atoms with Crippen LogP contribution in [-0.2, 0) is 14.6 Å². The zero-order valence-electron chi connectivity index (χ0n) is 10.7. The van der Waals surface area contributed by atoms with Gasteiger partial charge in [0, 0.05) is 17.7 Å². The highest BCUT2D eigenvalue weighted by atomic mass is 32.2. The Morgan fingerprint density at radius 3 is 2.40 bits per heavy atom. The molecule has 0 bridgehead atoms. The minimum atomic E-state index is -4.09. The van der Waals surface area contributed by atoms with E-state index in [0.29, 0.717) is 11.6 Å². The molecule has 4 nitrogen and oxygen atoms in total. The van der Waals surface area contributed by atoms with Crippen LogP contribution in [0, 0.1) is 0 Å². The van der Waals surface area contributed by atoms with Crippen molar-refractivity contribution >= 4 is 15.8 Å². The molecule has 1 aliphatic carbocycles. The molecule has 0 heterocycles. The number of rotatable bonds is 3. The van der Waals surface area contributed by atoms with Gasteiger partial charge < -0.3 is 5.11 Å². The lowest BCUT2D eigenvalue weighted by atomic mass is 9.86. The number of hydrogen-bond acceptors (Lipinski definition) is 3. The summed E-state index contributed by atoms with van der Waals surface area (Å²) in [6.07, 6.45) is 3.57. The van der Waals surface area contributed by atoms with E-state index >= 15 is 0 Å². The van der Waals surface area contributed by atoms with Crippen LogP contribution in [0.25, 0.3) is 0 Å². The predicted octanol–water partition coefficient (Wildman–Crippen LogP) is 2.06. The van der Waals surface area contributed by atoms with Gasteiger partial charge in [0.2, 0.25) is 5.00 Å². The van der Waals surface area contributed by atoms with Gasteiger partial charge in [-0.25, -0.2) is 17.6 Å². The highest BCUT2D eigenvalue weighted by Crippen LogP contribution is 2.37. The lowest BCUT2D eigenvalue weighted by molar-refractivity contribution is -0.132. The van der Waals surface area contributed by atoms with Crippen LogP contribution >= 0.6 is 0 Å². The van der Waals surface area contributed by atoms with E-state index in [9.17, 15) is 22.7 Å². The number of aliphatic carboxylic acids is 1. The maximum absolute atomic E-state index is 14.4. The van der Waals surface area contributed by atoms with Gasteiger partial charge in [-0.15, -0.1) is 0 Å². The molecule has 6 heteroatoms. The number of carbonyl (C=O) groups is 1. The van der Waals surface area contributed by atoms with Gasteiger partial charge in [-0.3, -0.25) is 0 Å². The Morgan fingerprint density at radius 2 is 1.90 bits per heavy atom. The second kappa shape index (κ2) is 4.86. The first-order chi connectivity index (χ1) is 9.24. The molecule has 1 aromatic rings. The van der Waals surface area contributed by atoms with Crippen molar-refractivity contribution < 1.29 is 22.7 Å². The Labute approximate surface area is 116 Å². The molecular formula is C14H13FO4S. The standard InChI is InChI=1S/C14H13FO4S/c1-20(18,19)14(15)8-7-11(12(9-14)13(16)17)10-5-3-2-4-6-10/h2-9,11H,1H3,(H,16,17). The number of carboxylic acid groups (broad SMARTS) is 1. The average Bonchev–Trinajstić information content (AvgIpc) is 2.38. The average molecular weight is 296 g/mol. The van der Waals surface area contributed by atoms with Gasteiger partial charge in [-0.05, 0) is 17.7 Å². The summed E-state index contributed by atoms with van der Waals surface area (Å²) in [5.74, 6) is -2.01. The number of alkyl halides is 1. The zero-order valence-corrected chi connectivity index (χ0v) is 11.5. The van der Waals surface area contributed by atoms with Crippen molar-refractivity contribution in [3.8, 4) is 0 Å². The minimum Gasteiger partial charge on any atom is -0.478 e. The van der Waals surface area contributed by atoms with E-state index in [2.05, 4.69) is 0 Å². The molecule has 20 heavy (non-hydrogen) atoms. The number of allylic oxidation sites excluding steroid dienone is 1. The minimum absolute atomic E-state index is 0.286. The Hall–Kier alpha value is -1.95. The molecule has 2 unspecified atom stereocenters. The molecule has 0 fully saturated rings. The van der Waals surface area contributed by atoms with Crippen molar-refractivity contribution in [2.45, 2.75) is 10.9 Å². The van der Waals surface area contributed by atoms with Crippen LogP contribution in [0.2, 0.25) is 0 Å². The molecule has 0 saturated heterocycles. The number of halogens is 1. The van der Waals surface area contributed by atoms with E-state index in [0.717, 1.165) is 12.3 Å². The van der Waals surface area contributed by atoms with Gasteiger partial charge in [-0.2, -0.15) is 0 Å². The van der Waals surface area contributed by atoms with Crippen molar-refractivity contribution in [3.05, 3.63) is 59.7 Å². The molecule has 106 valence electrons. The quantitative estimate of drug-likeness (QED) is 0.867. The topological polar surface area (TPSA) is 71.4 Å². The molecule has 0 saturated carbocycles. The Morgan fingerprint density at radius 1 is 1.30 bits per heavy atom. The third-order valence-electron chi connectivity index (χ3n) is 3.18. The normalized spacial score (nSPS) is 26.1.